The maximum Gasteiger partial charge on any atom is 0.191 e. The third kappa shape index (κ3) is 7.97. The number of halogens is 1. The van der Waals surface area contributed by atoms with E-state index in [1.807, 2.05) is 12.1 Å². The van der Waals surface area contributed by atoms with Gasteiger partial charge in [0.15, 0.2) is 5.96 Å². The van der Waals surface area contributed by atoms with Crippen molar-refractivity contribution in [2.75, 3.05) is 19.6 Å². The zero-order chi connectivity index (χ0) is 20.4. The van der Waals surface area contributed by atoms with Crippen LogP contribution in [0.2, 0.25) is 0 Å². The maximum atomic E-state index is 5.44. The summed E-state index contributed by atoms with van der Waals surface area (Å²) in [5.41, 5.74) is 1.39. The molecule has 0 aliphatic carbocycles. The van der Waals surface area contributed by atoms with Crippen LogP contribution in [0.15, 0.2) is 75.7 Å². The van der Waals surface area contributed by atoms with Gasteiger partial charge in [-0.15, -0.1) is 35.3 Å². The molecule has 1 aromatic carbocycles. The summed E-state index contributed by atoms with van der Waals surface area (Å²) in [6.07, 6.45) is 4.83. The molecule has 0 saturated carbocycles. The van der Waals surface area contributed by atoms with Gasteiger partial charge in [-0.05, 0) is 42.0 Å². The van der Waals surface area contributed by atoms with E-state index in [1.54, 1.807) is 17.6 Å². The van der Waals surface area contributed by atoms with E-state index in [0.29, 0.717) is 12.6 Å². The molecule has 5 nitrogen and oxygen atoms in total. The summed E-state index contributed by atoms with van der Waals surface area (Å²) >= 11 is 1.75. The van der Waals surface area contributed by atoms with Crippen LogP contribution in [0, 0.1) is 0 Å². The fourth-order valence-electron chi connectivity index (χ4n) is 3.74. The van der Waals surface area contributed by atoms with E-state index in [1.165, 1.54) is 10.4 Å². The molecule has 3 aromatic rings. The van der Waals surface area contributed by atoms with E-state index >= 15 is 0 Å². The molecule has 3 heterocycles. The van der Waals surface area contributed by atoms with Gasteiger partial charge in [0.25, 0.3) is 0 Å². The molecule has 1 fully saturated rings. The SMILES string of the molecule is I.c1ccc(CN2CCC(NC(=NCc3cccs3)NCCc3ccco3)CC2)cc1. The molecule has 7 heteroatoms. The van der Waals surface area contributed by atoms with E-state index in [0.717, 1.165) is 57.2 Å². The van der Waals surface area contributed by atoms with Gasteiger partial charge in [0.2, 0.25) is 0 Å². The van der Waals surface area contributed by atoms with Gasteiger partial charge in [-0.3, -0.25) is 4.90 Å². The van der Waals surface area contributed by atoms with Gasteiger partial charge >= 0.3 is 0 Å². The van der Waals surface area contributed by atoms with Crippen LogP contribution >= 0.6 is 35.3 Å². The van der Waals surface area contributed by atoms with E-state index < -0.39 is 0 Å². The van der Waals surface area contributed by atoms with Crippen LogP contribution in [0.1, 0.15) is 29.0 Å². The largest absolute Gasteiger partial charge is 0.469 e. The van der Waals surface area contributed by atoms with E-state index in [-0.39, 0.29) is 24.0 Å². The van der Waals surface area contributed by atoms with Crippen molar-refractivity contribution in [1.82, 2.24) is 15.5 Å². The van der Waals surface area contributed by atoms with Crippen LogP contribution in [-0.4, -0.2) is 36.5 Å². The molecule has 1 saturated heterocycles. The summed E-state index contributed by atoms with van der Waals surface area (Å²) in [4.78, 5) is 8.65. The number of furan rings is 1. The van der Waals surface area contributed by atoms with Crippen LogP contribution in [0.4, 0.5) is 0 Å². The predicted molar refractivity (Wildman–Crippen MR) is 139 cm³/mol. The van der Waals surface area contributed by atoms with Crippen molar-refractivity contribution in [3.63, 3.8) is 0 Å². The molecule has 4 rings (SSSR count). The fourth-order valence-corrected chi connectivity index (χ4v) is 4.37. The standard InChI is InChI=1S/C24H30N4OS.HI/c1-2-6-20(7-3-1)19-28-14-11-21(12-15-28)27-24(26-18-23-9-5-17-30-23)25-13-10-22-8-4-16-29-22;/h1-9,16-17,21H,10-15,18-19H2,(H2,25,26,27);1H. The Morgan fingerprint density at radius 2 is 1.90 bits per heavy atom. The minimum atomic E-state index is 0. The normalized spacial score (nSPS) is 15.4. The van der Waals surface area contributed by atoms with Gasteiger partial charge in [0, 0.05) is 43.5 Å². The first-order valence-corrected chi connectivity index (χ1v) is 11.6. The number of nitrogens with zero attached hydrogens (tertiary/aromatic N) is 2. The summed E-state index contributed by atoms with van der Waals surface area (Å²) < 4.78 is 5.44. The second-order valence-corrected chi connectivity index (χ2v) is 8.71. The van der Waals surface area contributed by atoms with Crippen molar-refractivity contribution < 1.29 is 4.42 Å². The lowest BCUT2D eigenvalue weighted by molar-refractivity contribution is 0.198. The first-order chi connectivity index (χ1) is 14.8. The second kappa shape index (κ2) is 12.9. The molecule has 1 aliphatic heterocycles. The number of likely N-dealkylation sites (tertiary alicyclic amines) is 1. The molecule has 166 valence electrons. The van der Waals surface area contributed by atoms with Crippen LogP contribution in [0.5, 0.6) is 0 Å². The predicted octanol–water partition coefficient (Wildman–Crippen LogP) is 4.90. The van der Waals surface area contributed by atoms with Crippen molar-refractivity contribution in [3.8, 4) is 0 Å². The topological polar surface area (TPSA) is 52.8 Å². The molecular formula is C24H31IN4OS. The quantitative estimate of drug-likeness (QED) is 0.238. The molecular weight excluding hydrogens is 519 g/mol. The van der Waals surface area contributed by atoms with Crippen molar-refractivity contribution >= 4 is 41.3 Å². The van der Waals surface area contributed by atoms with Crippen LogP contribution in [0.3, 0.4) is 0 Å². The molecule has 0 bridgehead atoms. The molecule has 31 heavy (non-hydrogen) atoms. The number of thiophene rings is 1. The number of hydrogen-bond donors (Lipinski definition) is 2. The van der Waals surface area contributed by atoms with Crippen LogP contribution in [0.25, 0.3) is 0 Å². The number of piperidine rings is 1. The monoisotopic (exact) mass is 550 g/mol. The number of aliphatic imine (C=N–C) groups is 1. The lowest BCUT2D eigenvalue weighted by Gasteiger charge is -2.33. The highest BCUT2D eigenvalue weighted by Crippen LogP contribution is 2.14. The lowest BCUT2D eigenvalue weighted by atomic mass is 10.0. The summed E-state index contributed by atoms with van der Waals surface area (Å²) in [7, 11) is 0. The zero-order valence-electron chi connectivity index (χ0n) is 17.7. The van der Waals surface area contributed by atoms with Gasteiger partial charge in [-0.2, -0.15) is 0 Å². The molecule has 0 unspecified atom stereocenters. The van der Waals surface area contributed by atoms with Crippen molar-refractivity contribution in [3.05, 3.63) is 82.4 Å². The Bertz CT molecular complexity index is 876. The zero-order valence-corrected chi connectivity index (χ0v) is 20.9. The van der Waals surface area contributed by atoms with Gasteiger partial charge in [0.05, 0.1) is 12.8 Å². The van der Waals surface area contributed by atoms with Gasteiger partial charge in [-0.25, -0.2) is 4.99 Å². The van der Waals surface area contributed by atoms with E-state index in [4.69, 9.17) is 9.41 Å². The van der Waals surface area contributed by atoms with E-state index in [9.17, 15) is 0 Å². The first-order valence-electron chi connectivity index (χ1n) is 10.7. The lowest BCUT2D eigenvalue weighted by Crippen LogP contribution is -2.48. The third-order valence-electron chi connectivity index (χ3n) is 5.39. The Hall–Kier alpha value is -1.84. The van der Waals surface area contributed by atoms with Crippen LogP contribution < -0.4 is 10.6 Å². The number of rotatable bonds is 8. The van der Waals surface area contributed by atoms with E-state index in [2.05, 4.69) is 63.4 Å². The number of benzene rings is 1. The summed E-state index contributed by atoms with van der Waals surface area (Å²) in [6.45, 7) is 4.76. The minimum Gasteiger partial charge on any atom is -0.469 e. The number of nitrogens with one attached hydrogen (secondary N) is 2. The highest BCUT2D eigenvalue weighted by atomic mass is 127. The Balaban J connectivity index is 0.00000272. The first kappa shape index (κ1) is 23.8. The smallest absolute Gasteiger partial charge is 0.191 e. The summed E-state index contributed by atoms with van der Waals surface area (Å²) in [6, 6.07) is 19.4. The number of hydrogen-bond acceptors (Lipinski definition) is 4. The summed E-state index contributed by atoms with van der Waals surface area (Å²) in [5, 5.41) is 9.26. The Labute approximate surface area is 206 Å². The van der Waals surface area contributed by atoms with Gasteiger partial charge in [0.1, 0.15) is 5.76 Å². The van der Waals surface area contributed by atoms with Gasteiger partial charge in [-0.1, -0.05) is 36.4 Å². The highest BCUT2D eigenvalue weighted by Gasteiger charge is 2.20. The molecule has 0 radical (unpaired) electrons. The maximum absolute atomic E-state index is 5.44. The molecule has 2 aromatic heterocycles. The minimum absolute atomic E-state index is 0. The molecule has 1 aliphatic rings. The number of guanidine groups is 1. The Morgan fingerprint density at radius 1 is 1.06 bits per heavy atom. The third-order valence-corrected chi connectivity index (χ3v) is 6.26. The average molecular weight is 551 g/mol. The molecule has 0 amide bonds. The van der Waals surface area contributed by atoms with Crippen LogP contribution in [-0.2, 0) is 19.5 Å². The molecule has 0 atom stereocenters. The summed E-state index contributed by atoms with van der Waals surface area (Å²) in [5.74, 6) is 1.89. The van der Waals surface area contributed by atoms with Gasteiger partial charge < -0.3 is 15.1 Å². The highest BCUT2D eigenvalue weighted by molar-refractivity contribution is 14.0. The van der Waals surface area contributed by atoms with Crippen molar-refractivity contribution in [1.29, 1.82) is 0 Å². The Morgan fingerprint density at radius 3 is 2.61 bits per heavy atom. The second-order valence-electron chi connectivity index (χ2n) is 7.68. The Kier molecular flexibility index (Phi) is 9.89. The van der Waals surface area contributed by atoms with Crippen molar-refractivity contribution in [2.24, 2.45) is 4.99 Å². The van der Waals surface area contributed by atoms with Crippen molar-refractivity contribution in [2.45, 2.75) is 38.4 Å². The molecule has 2 N–H and O–H groups in total. The average Bonchev–Trinajstić information content (AvgIpc) is 3.48. The molecule has 0 spiro atoms. The fraction of sp³-hybridized carbons (Fsp3) is 0.375.